The van der Waals surface area contributed by atoms with Crippen molar-refractivity contribution in [1.29, 1.82) is 0 Å². The summed E-state index contributed by atoms with van der Waals surface area (Å²) in [6.45, 7) is 11.6. The van der Waals surface area contributed by atoms with E-state index in [9.17, 15) is 0 Å². The lowest BCUT2D eigenvalue weighted by atomic mass is 10.1. The molecular formula is C19H27IOSSi. The molecule has 0 saturated carbocycles. The Morgan fingerprint density at radius 2 is 1.96 bits per heavy atom. The molecule has 126 valence electrons. The minimum absolute atomic E-state index is 0.220. The number of halogens is 1. The number of aryl methyl sites for hydroxylation is 1. The number of rotatable bonds is 6. The van der Waals surface area contributed by atoms with Crippen LogP contribution < -0.4 is 0 Å². The molecule has 2 aromatic rings. The third kappa shape index (κ3) is 5.15. The summed E-state index contributed by atoms with van der Waals surface area (Å²) >= 11 is 4.21. The van der Waals surface area contributed by atoms with E-state index in [0.717, 1.165) is 12.8 Å². The SMILES string of the molecule is CC(C)(C)[Si](C)(C)OC(/C=C/I)CCc1cc2ccccc2s1. The summed E-state index contributed by atoms with van der Waals surface area (Å²) < 4.78 is 10.1. The fourth-order valence-corrected chi connectivity index (χ4v) is 5.13. The van der Waals surface area contributed by atoms with Gasteiger partial charge in [0, 0.05) is 9.58 Å². The number of thiophene rings is 1. The zero-order valence-electron chi connectivity index (χ0n) is 14.7. The highest BCUT2D eigenvalue weighted by molar-refractivity contribution is 14.1. The van der Waals surface area contributed by atoms with Crippen molar-refractivity contribution < 1.29 is 4.43 Å². The maximum absolute atomic E-state index is 6.59. The van der Waals surface area contributed by atoms with E-state index >= 15 is 0 Å². The average molecular weight is 458 g/mol. The molecule has 1 atom stereocenters. The van der Waals surface area contributed by atoms with Crippen molar-refractivity contribution in [2.75, 3.05) is 0 Å². The highest BCUT2D eigenvalue weighted by Gasteiger charge is 2.38. The molecule has 4 heteroatoms. The molecule has 0 aliphatic rings. The lowest BCUT2D eigenvalue weighted by molar-refractivity contribution is 0.216. The van der Waals surface area contributed by atoms with Gasteiger partial charge in [0.1, 0.15) is 0 Å². The standard InChI is InChI=1S/C19H27IOSSi/c1-19(2,3)23(4,5)21-16(12-13-20)10-11-17-14-15-8-6-7-9-18(15)22-17/h6-9,12-14,16H,10-11H2,1-5H3/b13-12+. The van der Waals surface area contributed by atoms with Crippen molar-refractivity contribution in [3.63, 3.8) is 0 Å². The van der Waals surface area contributed by atoms with E-state index in [1.165, 1.54) is 15.0 Å². The molecule has 0 aliphatic carbocycles. The molecule has 0 bridgehead atoms. The van der Waals surface area contributed by atoms with Gasteiger partial charge >= 0.3 is 0 Å². The smallest absolute Gasteiger partial charge is 0.192 e. The van der Waals surface area contributed by atoms with Crippen molar-refractivity contribution in [3.05, 3.63) is 45.4 Å². The summed E-state index contributed by atoms with van der Waals surface area (Å²) in [5.41, 5.74) is 0. The van der Waals surface area contributed by atoms with Gasteiger partial charge in [-0.1, -0.05) is 67.6 Å². The van der Waals surface area contributed by atoms with Crippen molar-refractivity contribution in [3.8, 4) is 0 Å². The second-order valence-electron chi connectivity index (χ2n) is 7.52. The Labute approximate surface area is 159 Å². The van der Waals surface area contributed by atoms with Crippen LogP contribution in [0.3, 0.4) is 0 Å². The number of fused-ring (bicyclic) bond motifs is 1. The van der Waals surface area contributed by atoms with Crippen LogP contribution in [0.1, 0.15) is 32.1 Å². The predicted octanol–water partition coefficient (Wildman–Crippen LogP) is 7.17. The minimum Gasteiger partial charge on any atom is -0.411 e. The van der Waals surface area contributed by atoms with Gasteiger partial charge in [0.05, 0.1) is 6.10 Å². The molecule has 1 aromatic carbocycles. The third-order valence-electron chi connectivity index (χ3n) is 4.69. The summed E-state index contributed by atoms with van der Waals surface area (Å²) in [5, 5.41) is 1.61. The zero-order chi connectivity index (χ0) is 17.1. The van der Waals surface area contributed by atoms with Gasteiger partial charge in [-0.15, -0.1) is 11.3 Å². The first-order valence-electron chi connectivity index (χ1n) is 8.15. The summed E-state index contributed by atoms with van der Waals surface area (Å²) in [4.78, 5) is 1.46. The van der Waals surface area contributed by atoms with Crippen LogP contribution in [0.4, 0.5) is 0 Å². The monoisotopic (exact) mass is 458 g/mol. The molecule has 1 nitrogen and oxygen atoms in total. The Bertz CT molecular complexity index is 636. The van der Waals surface area contributed by atoms with E-state index in [-0.39, 0.29) is 11.1 Å². The van der Waals surface area contributed by atoms with Gasteiger partial charge in [0.25, 0.3) is 0 Å². The Hall–Kier alpha value is -0.173. The van der Waals surface area contributed by atoms with Crippen LogP contribution >= 0.6 is 33.9 Å². The fraction of sp³-hybridized carbons (Fsp3) is 0.474. The first-order valence-corrected chi connectivity index (χ1v) is 13.1. The quantitative estimate of drug-likeness (QED) is 0.329. The number of hydrogen-bond acceptors (Lipinski definition) is 2. The highest BCUT2D eigenvalue weighted by Crippen LogP contribution is 2.38. The van der Waals surface area contributed by atoms with Crippen molar-refractivity contribution in [1.82, 2.24) is 0 Å². The van der Waals surface area contributed by atoms with Crippen LogP contribution in [0, 0.1) is 0 Å². The molecule has 23 heavy (non-hydrogen) atoms. The second kappa shape index (κ2) is 7.81. The molecule has 0 spiro atoms. The molecule has 0 aliphatic heterocycles. The minimum atomic E-state index is -1.73. The molecule has 1 aromatic heterocycles. The van der Waals surface area contributed by atoms with Gasteiger partial charge in [-0.05, 0) is 52.6 Å². The first kappa shape index (κ1) is 19.2. The second-order valence-corrected chi connectivity index (χ2v) is 14.2. The third-order valence-corrected chi connectivity index (χ3v) is 10.8. The van der Waals surface area contributed by atoms with Crippen LogP contribution in [0.5, 0.6) is 0 Å². The predicted molar refractivity (Wildman–Crippen MR) is 115 cm³/mol. The Balaban J connectivity index is 2.05. The first-order chi connectivity index (χ1) is 10.7. The van der Waals surface area contributed by atoms with Crippen molar-refractivity contribution in [2.24, 2.45) is 0 Å². The molecule has 0 N–H and O–H groups in total. The molecule has 0 saturated heterocycles. The van der Waals surface area contributed by atoms with Gasteiger partial charge < -0.3 is 4.43 Å². The zero-order valence-corrected chi connectivity index (χ0v) is 18.7. The van der Waals surface area contributed by atoms with Crippen LogP contribution in [0.15, 0.2) is 40.5 Å². The van der Waals surface area contributed by atoms with Gasteiger partial charge in [-0.2, -0.15) is 0 Å². The molecule has 0 radical (unpaired) electrons. The van der Waals surface area contributed by atoms with Crippen molar-refractivity contribution >= 4 is 52.3 Å². The molecule has 0 amide bonds. The van der Waals surface area contributed by atoms with E-state index < -0.39 is 8.32 Å². The van der Waals surface area contributed by atoms with Gasteiger partial charge in [0.2, 0.25) is 0 Å². The summed E-state index contributed by atoms with van der Waals surface area (Å²) in [7, 11) is -1.73. The van der Waals surface area contributed by atoms with Crippen LogP contribution in [0.2, 0.25) is 18.1 Å². The Kier molecular flexibility index (Phi) is 6.50. The lowest BCUT2D eigenvalue weighted by Gasteiger charge is -2.38. The Morgan fingerprint density at radius 3 is 2.57 bits per heavy atom. The maximum atomic E-state index is 6.59. The fourth-order valence-electron chi connectivity index (χ4n) is 2.28. The maximum Gasteiger partial charge on any atom is 0.192 e. The van der Waals surface area contributed by atoms with E-state index in [1.807, 2.05) is 11.3 Å². The summed E-state index contributed by atoms with van der Waals surface area (Å²) in [6, 6.07) is 11.0. The molecule has 2 rings (SSSR count). The van der Waals surface area contributed by atoms with Crippen LogP contribution in [-0.2, 0) is 10.8 Å². The van der Waals surface area contributed by atoms with Gasteiger partial charge in [0.15, 0.2) is 8.32 Å². The van der Waals surface area contributed by atoms with Gasteiger partial charge in [-0.3, -0.25) is 0 Å². The normalized spacial score (nSPS) is 14.7. The van der Waals surface area contributed by atoms with E-state index in [0.29, 0.717) is 0 Å². The van der Waals surface area contributed by atoms with Crippen LogP contribution in [-0.4, -0.2) is 14.4 Å². The van der Waals surface area contributed by atoms with Gasteiger partial charge in [-0.25, -0.2) is 0 Å². The largest absolute Gasteiger partial charge is 0.411 e. The molecule has 1 heterocycles. The Morgan fingerprint density at radius 1 is 1.26 bits per heavy atom. The molecular weight excluding hydrogens is 431 g/mol. The summed E-state index contributed by atoms with van der Waals surface area (Å²) in [6.07, 6.45) is 4.57. The lowest BCUT2D eigenvalue weighted by Crippen LogP contribution is -2.43. The van der Waals surface area contributed by atoms with E-state index in [4.69, 9.17) is 4.43 Å². The van der Waals surface area contributed by atoms with Crippen LogP contribution in [0.25, 0.3) is 10.1 Å². The molecule has 0 fully saturated rings. The topological polar surface area (TPSA) is 9.23 Å². The molecule has 1 unspecified atom stereocenters. The number of benzene rings is 1. The van der Waals surface area contributed by atoms with E-state index in [2.05, 4.69) is 96.9 Å². The van der Waals surface area contributed by atoms with Crippen molar-refractivity contribution in [2.45, 2.75) is 57.8 Å². The average Bonchev–Trinajstić information content (AvgIpc) is 2.86. The highest BCUT2D eigenvalue weighted by atomic mass is 127. The van der Waals surface area contributed by atoms with E-state index in [1.54, 1.807) is 0 Å². The number of hydrogen-bond donors (Lipinski definition) is 0. The summed E-state index contributed by atoms with van der Waals surface area (Å²) in [5.74, 6) is 0.